The Hall–Kier alpha value is -1.90. The lowest BCUT2D eigenvalue weighted by atomic mass is 10.0. The fourth-order valence-electron chi connectivity index (χ4n) is 3.65. The maximum atomic E-state index is 14.0. The first-order chi connectivity index (χ1) is 14.7. The number of rotatable bonds is 16. The molecule has 0 aliphatic carbocycles. The van der Waals surface area contributed by atoms with Crippen LogP contribution in [0.25, 0.3) is 11.3 Å². The maximum absolute atomic E-state index is 14.0. The molecule has 2 rings (SSSR count). The van der Waals surface area contributed by atoms with Crippen LogP contribution in [0.3, 0.4) is 0 Å². The standard InChI is InChI=1S/C27H40FNO/c1-3-5-7-9-13-25(28)14-11-12-23-15-20-27(29-22-23)24-16-18-26(19-17-24)30-21-10-8-6-4-2/h15-20,22,25H,3-14,21H2,1-2H3. The van der Waals surface area contributed by atoms with Crippen LogP contribution in [-0.4, -0.2) is 17.8 Å². The summed E-state index contributed by atoms with van der Waals surface area (Å²) in [6.07, 6.45) is 13.9. The molecule has 1 unspecified atom stereocenters. The lowest BCUT2D eigenvalue weighted by Crippen LogP contribution is -2.01. The molecule has 1 aromatic carbocycles. The number of halogens is 1. The maximum Gasteiger partial charge on any atom is 0.119 e. The summed E-state index contributed by atoms with van der Waals surface area (Å²) in [5.41, 5.74) is 3.24. The first-order valence-corrected chi connectivity index (χ1v) is 12.0. The molecule has 2 nitrogen and oxygen atoms in total. The van der Waals surface area contributed by atoms with E-state index in [2.05, 4.69) is 43.1 Å². The van der Waals surface area contributed by atoms with Gasteiger partial charge in [0.25, 0.3) is 0 Å². The van der Waals surface area contributed by atoms with Crippen molar-refractivity contribution in [2.45, 2.75) is 97.1 Å². The van der Waals surface area contributed by atoms with E-state index in [9.17, 15) is 4.39 Å². The van der Waals surface area contributed by atoms with E-state index < -0.39 is 6.17 Å². The van der Waals surface area contributed by atoms with Gasteiger partial charge in [-0.05, 0) is 68.0 Å². The highest BCUT2D eigenvalue weighted by Gasteiger charge is 2.07. The van der Waals surface area contributed by atoms with E-state index in [1.165, 1.54) is 37.7 Å². The Morgan fingerprint density at radius 2 is 1.50 bits per heavy atom. The summed E-state index contributed by atoms with van der Waals surface area (Å²) in [5.74, 6) is 0.919. The first-order valence-electron chi connectivity index (χ1n) is 12.0. The molecule has 0 radical (unpaired) electrons. The van der Waals surface area contributed by atoms with Gasteiger partial charge in [-0.15, -0.1) is 0 Å². The Bertz CT molecular complexity index is 668. The molecule has 1 atom stereocenters. The van der Waals surface area contributed by atoms with E-state index in [0.29, 0.717) is 6.42 Å². The lowest BCUT2D eigenvalue weighted by molar-refractivity contribution is 0.282. The molecule has 2 aromatic rings. The fourth-order valence-corrected chi connectivity index (χ4v) is 3.65. The summed E-state index contributed by atoms with van der Waals surface area (Å²) in [4.78, 5) is 4.61. The molecule has 1 aromatic heterocycles. The molecule has 0 saturated heterocycles. The number of hydrogen-bond acceptors (Lipinski definition) is 2. The molecule has 0 aliphatic rings. The van der Waals surface area contributed by atoms with Gasteiger partial charge in [-0.2, -0.15) is 0 Å². The van der Waals surface area contributed by atoms with Gasteiger partial charge < -0.3 is 4.74 Å². The van der Waals surface area contributed by atoms with Gasteiger partial charge in [0.05, 0.1) is 12.3 Å². The second kappa shape index (κ2) is 15.0. The predicted molar refractivity (Wildman–Crippen MR) is 126 cm³/mol. The van der Waals surface area contributed by atoms with Crippen LogP contribution < -0.4 is 4.74 Å². The minimum atomic E-state index is -0.651. The Labute approximate surface area is 183 Å². The van der Waals surface area contributed by atoms with Crippen LogP contribution in [-0.2, 0) is 6.42 Å². The van der Waals surface area contributed by atoms with Gasteiger partial charge >= 0.3 is 0 Å². The third kappa shape index (κ3) is 9.73. The van der Waals surface area contributed by atoms with Gasteiger partial charge in [0, 0.05) is 11.8 Å². The third-order valence-corrected chi connectivity index (χ3v) is 5.60. The van der Waals surface area contributed by atoms with Crippen molar-refractivity contribution in [1.82, 2.24) is 4.98 Å². The molecule has 0 spiro atoms. The number of benzene rings is 1. The number of nitrogens with zero attached hydrogens (tertiary/aromatic N) is 1. The molecule has 3 heteroatoms. The Balaban J connectivity index is 1.70. The van der Waals surface area contributed by atoms with Crippen molar-refractivity contribution in [3.05, 3.63) is 48.2 Å². The number of alkyl halides is 1. The molecule has 0 saturated carbocycles. The van der Waals surface area contributed by atoms with Crippen LogP contribution in [0.15, 0.2) is 42.6 Å². The average molecular weight is 414 g/mol. The van der Waals surface area contributed by atoms with Crippen LogP contribution in [0.5, 0.6) is 5.75 Å². The molecule has 0 amide bonds. The Morgan fingerprint density at radius 3 is 2.17 bits per heavy atom. The molecule has 166 valence electrons. The van der Waals surface area contributed by atoms with Crippen LogP contribution in [0.2, 0.25) is 0 Å². The van der Waals surface area contributed by atoms with E-state index in [1.807, 2.05) is 18.3 Å². The minimum Gasteiger partial charge on any atom is -0.494 e. The zero-order valence-corrected chi connectivity index (χ0v) is 19.0. The number of aryl methyl sites for hydroxylation is 1. The molecule has 0 aliphatic heterocycles. The van der Waals surface area contributed by atoms with Crippen molar-refractivity contribution < 1.29 is 9.13 Å². The van der Waals surface area contributed by atoms with Gasteiger partial charge in [0.2, 0.25) is 0 Å². The molecule has 0 fully saturated rings. The summed E-state index contributed by atoms with van der Waals surface area (Å²) in [7, 11) is 0. The summed E-state index contributed by atoms with van der Waals surface area (Å²) >= 11 is 0. The van der Waals surface area contributed by atoms with Gasteiger partial charge in [0.15, 0.2) is 0 Å². The van der Waals surface area contributed by atoms with E-state index in [4.69, 9.17) is 4.74 Å². The molecule has 0 bridgehead atoms. The zero-order chi connectivity index (χ0) is 21.4. The van der Waals surface area contributed by atoms with E-state index in [1.54, 1.807) is 0 Å². The highest BCUT2D eigenvalue weighted by molar-refractivity contribution is 5.60. The van der Waals surface area contributed by atoms with Gasteiger partial charge in [0.1, 0.15) is 11.9 Å². The Morgan fingerprint density at radius 1 is 0.800 bits per heavy atom. The monoisotopic (exact) mass is 413 g/mol. The van der Waals surface area contributed by atoms with Gasteiger partial charge in [-0.3, -0.25) is 4.98 Å². The van der Waals surface area contributed by atoms with E-state index in [-0.39, 0.29) is 0 Å². The van der Waals surface area contributed by atoms with Crippen LogP contribution >= 0.6 is 0 Å². The molecule has 0 N–H and O–H groups in total. The van der Waals surface area contributed by atoms with Crippen molar-refractivity contribution in [3.8, 4) is 17.0 Å². The number of aromatic nitrogens is 1. The number of hydrogen-bond donors (Lipinski definition) is 0. The third-order valence-electron chi connectivity index (χ3n) is 5.60. The molecule has 30 heavy (non-hydrogen) atoms. The molecule has 1 heterocycles. The van der Waals surface area contributed by atoms with Crippen molar-refractivity contribution in [2.75, 3.05) is 6.61 Å². The SMILES string of the molecule is CCCCCCOc1ccc(-c2ccc(CCCC(F)CCCCCC)cn2)cc1. The van der Waals surface area contributed by atoms with Crippen molar-refractivity contribution in [1.29, 1.82) is 0 Å². The second-order valence-corrected chi connectivity index (χ2v) is 8.32. The summed E-state index contributed by atoms with van der Waals surface area (Å²) < 4.78 is 19.8. The van der Waals surface area contributed by atoms with E-state index >= 15 is 0 Å². The summed E-state index contributed by atoms with van der Waals surface area (Å²) in [5, 5.41) is 0. The predicted octanol–water partition coefficient (Wildman–Crippen LogP) is 8.34. The van der Waals surface area contributed by atoms with Crippen molar-refractivity contribution in [2.24, 2.45) is 0 Å². The van der Waals surface area contributed by atoms with Gasteiger partial charge in [-0.25, -0.2) is 4.39 Å². The summed E-state index contributed by atoms with van der Waals surface area (Å²) in [6, 6.07) is 12.4. The number of unbranched alkanes of at least 4 members (excludes halogenated alkanes) is 6. The van der Waals surface area contributed by atoms with Crippen molar-refractivity contribution >= 4 is 0 Å². The minimum absolute atomic E-state index is 0.651. The largest absolute Gasteiger partial charge is 0.494 e. The second-order valence-electron chi connectivity index (χ2n) is 8.32. The number of pyridine rings is 1. The fraction of sp³-hybridized carbons (Fsp3) is 0.593. The first kappa shape index (κ1) is 24.4. The lowest BCUT2D eigenvalue weighted by Gasteiger charge is -2.09. The zero-order valence-electron chi connectivity index (χ0n) is 19.0. The summed E-state index contributed by atoms with van der Waals surface area (Å²) in [6.45, 7) is 5.19. The van der Waals surface area contributed by atoms with Gasteiger partial charge in [-0.1, -0.05) is 64.9 Å². The average Bonchev–Trinajstić information content (AvgIpc) is 2.78. The topological polar surface area (TPSA) is 22.1 Å². The van der Waals surface area contributed by atoms with Crippen LogP contribution in [0, 0.1) is 0 Å². The van der Waals surface area contributed by atoms with Crippen LogP contribution in [0.1, 0.15) is 90.0 Å². The molecular weight excluding hydrogens is 373 g/mol. The van der Waals surface area contributed by atoms with Crippen molar-refractivity contribution in [3.63, 3.8) is 0 Å². The Kier molecular flexibility index (Phi) is 12.2. The van der Waals surface area contributed by atoms with E-state index in [0.717, 1.165) is 62.1 Å². The normalized spacial score (nSPS) is 12.1. The number of ether oxygens (including phenoxy) is 1. The highest BCUT2D eigenvalue weighted by atomic mass is 19.1. The smallest absolute Gasteiger partial charge is 0.119 e. The van der Waals surface area contributed by atoms with Crippen LogP contribution in [0.4, 0.5) is 4.39 Å². The highest BCUT2D eigenvalue weighted by Crippen LogP contribution is 2.22. The quantitative estimate of drug-likeness (QED) is 0.258. The molecular formula is C27H40FNO.